The van der Waals surface area contributed by atoms with Gasteiger partial charge in [-0.25, -0.2) is 0 Å². The summed E-state index contributed by atoms with van der Waals surface area (Å²) >= 11 is 0. The maximum absolute atomic E-state index is 12.9. The zero-order valence-corrected chi connectivity index (χ0v) is 23.9. The predicted octanol–water partition coefficient (Wildman–Crippen LogP) is -0.105. The first-order valence-electron chi connectivity index (χ1n) is 13.6. The van der Waals surface area contributed by atoms with Crippen molar-refractivity contribution in [2.45, 2.75) is 57.5 Å². The lowest BCUT2D eigenvalue weighted by Gasteiger charge is -2.21. The fourth-order valence-corrected chi connectivity index (χ4v) is 4.10. The van der Waals surface area contributed by atoms with Gasteiger partial charge in [-0.05, 0) is 62.8 Å². The van der Waals surface area contributed by atoms with Gasteiger partial charge in [0.15, 0.2) is 34.5 Å². The second-order valence-corrected chi connectivity index (χ2v) is 9.95. The zero-order valence-electron chi connectivity index (χ0n) is 23.9. The number of primary amides is 1. The molecule has 240 valence electrons. The largest absolute Gasteiger partial charge is 0.504 e. The van der Waals surface area contributed by atoms with Gasteiger partial charge in [0.25, 0.3) is 11.8 Å². The summed E-state index contributed by atoms with van der Waals surface area (Å²) in [6, 6.07) is 1.90. The molecule has 2 atom stereocenters. The topological polar surface area (TPSA) is 281 Å². The maximum Gasteiger partial charge on any atom is 0.251 e. The number of aromatic hydroxyl groups is 6. The van der Waals surface area contributed by atoms with Crippen molar-refractivity contribution in [3.8, 4) is 34.5 Å². The molecule has 16 nitrogen and oxygen atoms in total. The van der Waals surface area contributed by atoms with E-state index < -0.39 is 76.1 Å². The molecule has 16 heteroatoms. The molecule has 0 radical (unpaired) electrons. The number of hydrogen-bond acceptors (Lipinski definition) is 11. The molecule has 0 saturated heterocycles. The van der Waals surface area contributed by atoms with Gasteiger partial charge in [-0.1, -0.05) is 0 Å². The molecule has 0 aliphatic rings. The summed E-state index contributed by atoms with van der Waals surface area (Å²) in [6.07, 6.45) is 1.82. The van der Waals surface area contributed by atoms with Crippen LogP contribution in [0.3, 0.4) is 0 Å². The van der Waals surface area contributed by atoms with E-state index in [-0.39, 0.29) is 37.1 Å². The van der Waals surface area contributed by atoms with Crippen LogP contribution in [0, 0.1) is 0 Å². The molecule has 0 spiro atoms. The van der Waals surface area contributed by atoms with Crippen molar-refractivity contribution in [1.82, 2.24) is 21.3 Å². The second kappa shape index (κ2) is 16.3. The summed E-state index contributed by atoms with van der Waals surface area (Å²) < 4.78 is 0. The quantitative estimate of drug-likeness (QED) is 0.0871. The van der Waals surface area contributed by atoms with Crippen LogP contribution in [0.2, 0.25) is 0 Å². The average Bonchev–Trinajstić information content (AvgIpc) is 2.95. The summed E-state index contributed by atoms with van der Waals surface area (Å²) in [4.78, 5) is 60.9. The molecule has 2 aromatic rings. The summed E-state index contributed by atoms with van der Waals surface area (Å²) in [5, 5.41) is 67.1. The second-order valence-electron chi connectivity index (χ2n) is 9.95. The SMILES string of the molecule is CC(=O)NC(CCCCNC(=O)c1cc(O)c(O)c(O)c1)C(=O)N[C@H](CCCCNC(=O)c1cc(O)c(O)c(O)c1)C(N)=O. The molecule has 2 aromatic carbocycles. The van der Waals surface area contributed by atoms with Crippen LogP contribution < -0.4 is 27.0 Å². The number of carbonyl (C=O) groups excluding carboxylic acids is 5. The van der Waals surface area contributed by atoms with Crippen LogP contribution in [0.15, 0.2) is 24.3 Å². The summed E-state index contributed by atoms with van der Waals surface area (Å²) in [7, 11) is 0. The van der Waals surface area contributed by atoms with Gasteiger partial charge < -0.3 is 57.6 Å². The van der Waals surface area contributed by atoms with E-state index in [4.69, 9.17) is 5.73 Å². The van der Waals surface area contributed by atoms with E-state index in [2.05, 4.69) is 21.3 Å². The minimum atomic E-state index is -1.06. The van der Waals surface area contributed by atoms with Gasteiger partial charge in [0.1, 0.15) is 12.1 Å². The van der Waals surface area contributed by atoms with Gasteiger partial charge in [0, 0.05) is 31.1 Å². The Morgan fingerprint density at radius 2 is 1.02 bits per heavy atom. The molecule has 1 unspecified atom stereocenters. The summed E-state index contributed by atoms with van der Waals surface area (Å²) in [5.41, 5.74) is 5.29. The molecular formula is C28H37N5O11. The standard InChI is InChI=1S/C28H37N5O11/c1-14(34)32-18(7-3-5-9-31-27(43)16-12-21(37)24(40)22(38)13-16)28(44)33-17(25(29)41)6-2-4-8-30-26(42)15-10-19(35)23(39)20(36)11-15/h10-13,17-18,35-40H,2-9H2,1H3,(H2,29,41)(H,30,42)(H,31,43)(H,32,34)(H,33,44)/t17-,18?/m1/s1. The summed E-state index contributed by atoms with van der Waals surface area (Å²) in [6.45, 7) is 1.54. The fraction of sp³-hybridized carbons (Fsp3) is 0.393. The van der Waals surface area contributed by atoms with Crippen molar-refractivity contribution < 1.29 is 54.6 Å². The van der Waals surface area contributed by atoms with Crippen LogP contribution >= 0.6 is 0 Å². The number of phenolic OH excluding ortho intramolecular Hbond substituents is 6. The van der Waals surface area contributed by atoms with E-state index in [9.17, 15) is 54.6 Å². The highest BCUT2D eigenvalue weighted by Gasteiger charge is 2.24. The van der Waals surface area contributed by atoms with Gasteiger partial charge in [0.2, 0.25) is 17.7 Å². The Balaban J connectivity index is 1.80. The highest BCUT2D eigenvalue weighted by molar-refractivity contribution is 5.96. The number of carbonyl (C=O) groups is 5. The highest BCUT2D eigenvalue weighted by Crippen LogP contribution is 2.36. The molecular weight excluding hydrogens is 582 g/mol. The van der Waals surface area contributed by atoms with Crippen molar-refractivity contribution in [3.63, 3.8) is 0 Å². The van der Waals surface area contributed by atoms with E-state index >= 15 is 0 Å². The third-order valence-electron chi connectivity index (χ3n) is 6.43. The lowest BCUT2D eigenvalue weighted by molar-refractivity contribution is -0.131. The van der Waals surface area contributed by atoms with Crippen molar-refractivity contribution in [1.29, 1.82) is 0 Å². The van der Waals surface area contributed by atoms with E-state index in [0.29, 0.717) is 25.7 Å². The summed E-state index contributed by atoms with van der Waals surface area (Å²) in [5.74, 6) is -7.28. The molecule has 12 N–H and O–H groups in total. The number of rotatable bonds is 16. The molecule has 0 aliphatic heterocycles. The molecule has 0 aliphatic carbocycles. The van der Waals surface area contributed by atoms with Crippen LogP contribution in [-0.4, -0.2) is 85.3 Å². The molecule has 44 heavy (non-hydrogen) atoms. The number of nitrogens with one attached hydrogen (secondary N) is 4. The molecule has 0 saturated carbocycles. The van der Waals surface area contributed by atoms with Crippen molar-refractivity contribution in [2.24, 2.45) is 5.73 Å². The van der Waals surface area contributed by atoms with Gasteiger partial charge in [-0.2, -0.15) is 0 Å². The Bertz CT molecular complexity index is 1340. The first-order chi connectivity index (χ1) is 20.7. The molecule has 0 aromatic heterocycles. The molecule has 0 heterocycles. The number of hydrogen-bond donors (Lipinski definition) is 11. The monoisotopic (exact) mass is 619 g/mol. The van der Waals surface area contributed by atoms with E-state index in [1.807, 2.05) is 0 Å². The maximum atomic E-state index is 12.9. The molecule has 0 bridgehead atoms. The van der Waals surface area contributed by atoms with E-state index in [1.54, 1.807) is 0 Å². The Labute approximate surface area is 251 Å². The zero-order chi connectivity index (χ0) is 33.0. The number of amides is 5. The van der Waals surface area contributed by atoms with Crippen LogP contribution in [0.5, 0.6) is 34.5 Å². The van der Waals surface area contributed by atoms with Gasteiger partial charge in [0.05, 0.1) is 0 Å². The first kappa shape index (κ1) is 34.8. The normalized spacial score (nSPS) is 12.0. The van der Waals surface area contributed by atoms with Crippen molar-refractivity contribution in [2.75, 3.05) is 13.1 Å². The van der Waals surface area contributed by atoms with Crippen LogP contribution in [0.4, 0.5) is 0 Å². The van der Waals surface area contributed by atoms with E-state index in [0.717, 1.165) is 24.3 Å². The predicted molar refractivity (Wildman–Crippen MR) is 154 cm³/mol. The number of benzene rings is 2. The number of unbranched alkanes of at least 4 members (excludes halogenated alkanes) is 2. The first-order valence-corrected chi connectivity index (χ1v) is 13.6. The van der Waals surface area contributed by atoms with Crippen molar-refractivity contribution in [3.05, 3.63) is 35.4 Å². The lowest BCUT2D eigenvalue weighted by Crippen LogP contribution is -2.52. The molecule has 5 amide bonds. The third-order valence-corrected chi connectivity index (χ3v) is 6.43. The Kier molecular flexibility index (Phi) is 12.9. The fourth-order valence-electron chi connectivity index (χ4n) is 4.10. The van der Waals surface area contributed by atoms with E-state index in [1.165, 1.54) is 6.92 Å². The number of phenols is 6. The average molecular weight is 620 g/mol. The van der Waals surface area contributed by atoms with Crippen molar-refractivity contribution >= 4 is 29.5 Å². The van der Waals surface area contributed by atoms with Gasteiger partial charge in [-0.3, -0.25) is 24.0 Å². The molecule has 0 fully saturated rings. The Hall–Kier alpha value is -5.41. The van der Waals surface area contributed by atoms with Crippen LogP contribution in [0.1, 0.15) is 66.2 Å². The minimum Gasteiger partial charge on any atom is -0.504 e. The third kappa shape index (κ3) is 10.5. The lowest BCUT2D eigenvalue weighted by atomic mass is 10.1. The smallest absolute Gasteiger partial charge is 0.251 e. The molecule has 2 rings (SSSR count). The van der Waals surface area contributed by atoms with Crippen LogP contribution in [0.25, 0.3) is 0 Å². The van der Waals surface area contributed by atoms with Gasteiger partial charge in [-0.15, -0.1) is 0 Å². The Morgan fingerprint density at radius 3 is 1.39 bits per heavy atom. The minimum absolute atomic E-state index is 0.0777. The van der Waals surface area contributed by atoms with Gasteiger partial charge >= 0.3 is 0 Å². The highest BCUT2D eigenvalue weighted by atomic mass is 16.3. The van der Waals surface area contributed by atoms with Crippen LogP contribution in [-0.2, 0) is 14.4 Å². The number of nitrogens with two attached hydrogens (primary N) is 1. The Morgan fingerprint density at radius 1 is 0.636 bits per heavy atom.